The number of benzene rings is 2. The van der Waals surface area contributed by atoms with E-state index in [0.29, 0.717) is 55.3 Å². The number of nitrogens with two attached hydrogens (primary N) is 1. The molecule has 2 aromatic rings. The molecule has 2 aliphatic heterocycles. The number of ether oxygens (including phenoxy) is 2. The Labute approximate surface area is 157 Å². The lowest BCUT2D eigenvalue weighted by molar-refractivity contribution is 0.0535. The smallest absolute Gasteiger partial charge is 0.254 e. The molecule has 0 bridgehead atoms. The topological polar surface area (TPSA) is 85.1 Å². The van der Waals surface area contributed by atoms with Crippen LogP contribution in [0.2, 0.25) is 0 Å². The van der Waals surface area contributed by atoms with Gasteiger partial charge in [0.2, 0.25) is 6.79 Å². The Hall–Kier alpha value is -3.06. The van der Waals surface area contributed by atoms with Gasteiger partial charge in [-0.1, -0.05) is 12.1 Å². The quantitative estimate of drug-likeness (QED) is 0.888. The van der Waals surface area contributed by atoms with Gasteiger partial charge >= 0.3 is 0 Å². The van der Waals surface area contributed by atoms with Crippen LogP contribution in [0, 0.1) is 0 Å². The zero-order valence-electron chi connectivity index (χ0n) is 14.9. The summed E-state index contributed by atoms with van der Waals surface area (Å²) in [7, 11) is 0. The lowest BCUT2D eigenvalue weighted by Crippen LogP contribution is -2.50. The van der Waals surface area contributed by atoms with E-state index in [1.54, 1.807) is 40.1 Å². The highest BCUT2D eigenvalue weighted by Crippen LogP contribution is 2.32. The highest BCUT2D eigenvalue weighted by Gasteiger charge is 2.26. The Bertz CT molecular complexity index is 858. The van der Waals surface area contributed by atoms with Crippen LogP contribution in [0.3, 0.4) is 0 Å². The minimum atomic E-state index is -0.0623. The molecule has 140 valence electrons. The molecule has 7 nitrogen and oxygen atoms in total. The number of nitrogens with zero attached hydrogens (tertiary/aromatic N) is 2. The van der Waals surface area contributed by atoms with E-state index >= 15 is 0 Å². The number of carbonyl (C=O) groups excluding carboxylic acids is 2. The van der Waals surface area contributed by atoms with Gasteiger partial charge in [0.15, 0.2) is 11.5 Å². The van der Waals surface area contributed by atoms with E-state index in [1.807, 2.05) is 12.1 Å². The number of amides is 2. The first kappa shape index (κ1) is 17.4. The maximum absolute atomic E-state index is 12.7. The number of carbonyl (C=O) groups is 2. The Morgan fingerprint density at radius 1 is 0.815 bits per heavy atom. The van der Waals surface area contributed by atoms with Crippen LogP contribution in [0.25, 0.3) is 0 Å². The van der Waals surface area contributed by atoms with Gasteiger partial charge in [0.05, 0.1) is 0 Å². The SMILES string of the molecule is NCc1ccc(C(=O)N2CCN(C(=O)c3ccc4c(c3)OCO4)CC2)cc1. The van der Waals surface area contributed by atoms with Crippen molar-refractivity contribution in [3.63, 3.8) is 0 Å². The van der Waals surface area contributed by atoms with E-state index in [2.05, 4.69) is 0 Å². The molecule has 27 heavy (non-hydrogen) atoms. The summed E-state index contributed by atoms with van der Waals surface area (Å²) in [6, 6.07) is 12.5. The third kappa shape index (κ3) is 3.46. The lowest BCUT2D eigenvalue weighted by atomic mass is 10.1. The maximum Gasteiger partial charge on any atom is 0.254 e. The number of fused-ring (bicyclic) bond motifs is 1. The number of hydrogen-bond acceptors (Lipinski definition) is 5. The minimum absolute atomic E-state index is 0.0197. The maximum atomic E-state index is 12.7. The number of rotatable bonds is 3. The van der Waals surface area contributed by atoms with Crippen molar-refractivity contribution >= 4 is 11.8 Å². The summed E-state index contributed by atoms with van der Waals surface area (Å²) in [6.07, 6.45) is 0. The molecule has 2 heterocycles. The van der Waals surface area contributed by atoms with Crippen LogP contribution in [-0.4, -0.2) is 54.6 Å². The molecule has 7 heteroatoms. The van der Waals surface area contributed by atoms with E-state index in [4.69, 9.17) is 15.2 Å². The molecule has 2 amide bonds. The lowest BCUT2D eigenvalue weighted by Gasteiger charge is -2.35. The van der Waals surface area contributed by atoms with E-state index in [0.717, 1.165) is 5.56 Å². The fraction of sp³-hybridized carbons (Fsp3) is 0.300. The predicted molar refractivity (Wildman–Crippen MR) is 98.7 cm³/mol. The molecule has 2 N–H and O–H groups in total. The second-order valence-electron chi connectivity index (χ2n) is 6.55. The summed E-state index contributed by atoms with van der Waals surface area (Å²) < 4.78 is 10.6. The van der Waals surface area contributed by atoms with Gasteiger partial charge in [-0.15, -0.1) is 0 Å². The largest absolute Gasteiger partial charge is 0.454 e. The van der Waals surface area contributed by atoms with Gasteiger partial charge in [-0.05, 0) is 35.9 Å². The molecule has 0 saturated carbocycles. The molecule has 0 aliphatic carbocycles. The normalized spacial score (nSPS) is 15.7. The third-order valence-corrected chi connectivity index (χ3v) is 4.91. The molecule has 0 spiro atoms. The van der Waals surface area contributed by atoms with Crippen LogP contribution in [0.1, 0.15) is 26.3 Å². The van der Waals surface area contributed by atoms with Gasteiger partial charge in [0, 0.05) is 43.9 Å². The first-order chi connectivity index (χ1) is 13.2. The van der Waals surface area contributed by atoms with Crippen LogP contribution in [0.4, 0.5) is 0 Å². The van der Waals surface area contributed by atoms with Crippen molar-refractivity contribution in [2.75, 3.05) is 33.0 Å². The Balaban J connectivity index is 1.38. The van der Waals surface area contributed by atoms with Crippen molar-refractivity contribution in [2.24, 2.45) is 5.73 Å². The van der Waals surface area contributed by atoms with Crippen molar-refractivity contribution in [3.05, 3.63) is 59.2 Å². The fourth-order valence-electron chi connectivity index (χ4n) is 3.29. The monoisotopic (exact) mass is 367 g/mol. The van der Waals surface area contributed by atoms with E-state index in [-0.39, 0.29) is 18.6 Å². The van der Waals surface area contributed by atoms with Gasteiger partial charge in [0.25, 0.3) is 11.8 Å². The molecule has 1 saturated heterocycles. The summed E-state index contributed by atoms with van der Waals surface area (Å²) in [4.78, 5) is 28.9. The second kappa shape index (κ2) is 7.28. The Morgan fingerprint density at radius 2 is 1.37 bits per heavy atom. The van der Waals surface area contributed by atoms with Gasteiger partial charge in [-0.25, -0.2) is 0 Å². The van der Waals surface area contributed by atoms with E-state index in [1.165, 1.54) is 0 Å². The summed E-state index contributed by atoms with van der Waals surface area (Å²) in [5.74, 6) is 1.17. The standard InChI is InChI=1S/C20H21N3O4/c21-12-14-1-3-15(4-2-14)19(24)22-7-9-23(10-8-22)20(25)16-5-6-17-18(11-16)27-13-26-17/h1-6,11H,7-10,12-13,21H2. The van der Waals surface area contributed by atoms with Crippen LogP contribution >= 0.6 is 0 Å². The Morgan fingerprint density at radius 3 is 2.00 bits per heavy atom. The van der Waals surface area contributed by atoms with Crippen molar-refractivity contribution in [1.82, 2.24) is 9.80 Å². The summed E-state index contributed by atoms with van der Waals surface area (Å²) >= 11 is 0. The first-order valence-corrected chi connectivity index (χ1v) is 8.93. The van der Waals surface area contributed by atoms with Crippen LogP contribution in [-0.2, 0) is 6.54 Å². The van der Waals surface area contributed by atoms with E-state index < -0.39 is 0 Å². The summed E-state index contributed by atoms with van der Waals surface area (Å²) in [5, 5.41) is 0. The number of hydrogen-bond donors (Lipinski definition) is 1. The first-order valence-electron chi connectivity index (χ1n) is 8.93. The van der Waals surface area contributed by atoms with Gasteiger partial charge in [-0.3, -0.25) is 9.59 Å². The molecule has 0 atom stereocenters. The van der Waals surface area contributed by atoms with Crippen molar-refractivity contribution < 1.29 is 19.1 Å². The zero-order valence-corrected chi connectivity index (χ0v) is 14.9. The van der Waals surface area contributed by atoms with Crippen molar-refractivity contribution in [2.45, 2.75) is 6.54 Å². The average Bonchev–Trinajstić information content (AvgIpc) is 3.21. The molecule has 0 radical (unpaired) electrons. The van der Waals surface area contributed by atoms with Gasteiger partial charge in [-0.2, -0.15) is 0 Å². The Kier molecular flexibility index (Phi) is 4.68. The molecule has 2 aliphatic rings. The van der Waals surface area contributed by atoms with Gasteiger partial charge < -0.3 is 25.0 Å². The molecule has 1 fully saturated rings. The number of piperazine rings is 1. The highest BCUT2D eigenvalue weighted by atomic mass is 16.7. The summed E-state index contributed by atoms with van der Waals surface area (Å²) in [6.45, 7) is 2.65. The van der Waals surface area contributed by atoms with Crippen LogP contribution in [0.15, 0.2) is 42.5 Å². The minimum Gasteiger partial charge on any atom is -0.454 e. The highest BCUT2D eigenvalue weighted by molar-refractivity contribution is 5.96. The fourth-order valence-corrected chi connectivity index (χ4v) is 3.29. The molecule has 0 unspecified atom stereocenters. The van der Waals surface area contributed by atoms with Crippen molar-refractivity contribution in [1.29, 1.82) is 0 Å². The molecule has 2 aromatic carbocycles. The van der Waals surface area contributed by atoms with Crippen LogP contribution in [0.5, 0.6) is 11.5 Å². The average molecular weight is 367 g/mol. The van der Waals surface area contributed by atoms with Crippen molar-refractivity contribution in [3.8, 4) is 11.5 Å². The molecule has 4 rings (SSSR count). The molecular weight excluding hydrogens is 346 g/mol. The summed E-state index contributed by atoms with van der Waals surface area (Å²) in [5.41, 5.74) is 7.79. The predicted octanol–water partition coefficient (Wildman–Crippen LogP) is 1.47. The zero-order chi connectivity index (χ0) is 18.8. The van der Waals surface area contributed by atoms with Crippen LogP contribution < -0.4 is 15.2 Å². The third-order valence-electron chi connectivity index (χ3n) is 4.91. The molecule has 0 aromatic heterocycles. The second-order valence-corrected chi connectivity index (χ2v) is 6.55. The molecular formula is C20H21N3O4. The van der Waals surface area contributed by atoms with E-state index in [9.17, 15) is 9.59 Å². The van der Waals surface area contributed by atoms with Gasteiger partial charge in [0.1, 0.15) is 0 Å².